The van der Waals surface area contributed by atoms with Crippen molar-refractivity contribution < 1.29 is 24.1 Å². The molecule has 5 heteroatoms. The number of hydrogen-bond donors (Lipinski definition) is 1. The van der Waals surface area contributed by atoms with Gasteiger partial charge in [-0.25, -0.2) is 4.79 Å². The number of unbranched alkanes of at least 4 members (excludes halogenated alkanes) is 7. The van der Waals surface area contributed by atoms with Gasteiger partial charge in [-0.05, 0) is 54.3 Å². The van der Waals surface area contributed by atoms with E-state index in [1.54, 1.807) is 12.1 Å². The summed E-state index contributed by atoms with van der Waals surface area (Å²) >= 11 is 0. The third-order valence-corrected chi connectivity index (χ3v) is 6.33. The van der Waals surface area contributed by atoms with Gasteiger partial charge in [0, 0.05) is 0 Å². The van der Waals surface area contributed by atoms with E-state index >= 15 is 0 Å². The van der Waals surface area contributed by atoms with Crippen molar-refractivity contribution in [2.75, 3.05) is 13.2 Å². The molecule has 2 aromatic carbocycles. The number of hydrogen-bond acceptors (Lipinski definition) is 4. The van der Waals surface area contributed by atoms with Gasteiger partial charge in [0.15, 0.2) is 0 Å². The molecule has 0 unspecified atom stereocenters. The smallest absolute Gasteiger partial charge is 0.336 e. The summed E-state index contributed by atoms with van der Waals surface area (Å²) < 4.78 is 17.4. The summed E-state index contributed by atoms with van der Waals surface area (Å²) in [5, 5.41) is 9.66. The first-order valence-corrected chi connectivity index (χ1v) is 13.0. The van der Waals surface area contributed by atoms with Crippen LogP contribution in [0, 0.1) is 0 Å². The van der Waals surface area contributed by atoms with E-state index in [4.69, 9.17) is 14.2 Å². The molecule has 5 nitrogen and oxygen atoms in total. The van der Waals surface area contributed by atoms with Gasteiger partial charge in [0.05, 0.1) is 18.3 Å². The van der Waals surface area contributed by atoms with Crippen LogP contribution in [0.1, 0.15) is 88.4 Å². The molecule has 2 atom stereocenters. The van der Waals surface area contributed by atoms with E-state index in [1.807, 2.05) is 30.3 Å². The molecule has 0 amide bonds. The summed E-state index contributed by atoms with van der Waals surface area (Å²) in [5.41, 5.74) is 1.75. The molecule has 0 bridgehead atoms. The van der Waals surface area contributed by atoms with Crippen LogP contribution in [-0.4, -0.2) is 36.5 Å². The molecule has 2 aromatic rings. The Morgan fingerprint density at radius 3 is 2.18 bits per heavy atom. The zero-order valence-corrected chi connectivity index (χ0v) is 20.8. The fourth-order valence-electron chi connectivity index (χ4n) is 4.24. The van der Waals surface area contributed by atoms with Gasteiger partial charge in [-0.15, -0.1) is 0 Å². The zero-order chi connectivity index (χ0) is 24.2. The van der Waals surface area contributed by atoms with Crippen molar-refractivity contribution >= 4 is 5.97 Å². The van der Waals surface area contributed by atoms with Crippen LogP contribution in [0.2, 0.25) is 0 Å². The minimum absolute atomic E-state index is 0.188. The van der Waals surface area contributed by atoms with Gasteiger partial charge in [-0.1, -0.05) is 77.3 Å². The Balaban J connectivity index is 1.50. The molecule has 0 aromatic heterocycles. The maximum atomic E-state index is 11.8. The molecule has 1 aliphatic rings. The number of carboxylic acid groups (broad SMARTS) is 1. The van der Waals surface area contributed by atoms with Crippen LogP contribution in [0.3, 0.4) is 0 Å². The first kappa shape index (κ1) is 26.1. The molecular formula is C29H40O5. The summed E-state index contributed by atoms with van der Waals surface area (Å²) in [6.45, 7) is 5.59. The Labute approximate surface area is 204 Å². The van der Waals surface area contributed by atoms with Gasteiger partial charge in [0.2, 0.25) is 0 Å². The minimum atomic E-state index is -0.946. The molecule has 0 radical (unpaired) electrons. The van der Waals surface area contributed by atoms with Crippen LogP contribution in [0.4, 0.5) is 0 Å². The summed E-state index contributed by atoms with van der Waals surface area (Å²) in [6, 6.07) is 12.8. The highest BCUT2D eigenvalue weighted by Crippen LogP contribution is 2.31. The Morgan fingerprint density at radius 1 is 0.824 bits per heavy atom. The SMILES string of the molecule is CCCCCCCCCCOc1ccc(C(=O)O)c(-c2ccc(OC[C@@H]3O[C@H]3CCC)cc2)c1. The van der Waals surface area contributed by atoms with Gasteiger partial charge < -0.3 is 19.3 Å². The fourth-order valence-corrected chi connectivity index (χ4v) is 4.24. The number of carbonyl (C=O) groups is 1. The lowest BCUT2D eigenvalue weighted by atomic mass is 9.99. The van der Waals surface area contributed by atoms with E-state index in [2.05, 4.69) is 13.8 Å². The lowest BCUT2D eigenvalue weighted by molar-refractivity contribution is 0.0697. The standard InChI is InChI=1S/C29H40O5/c1-3-5-6-7-8-9-10-11-19-32-24-17-18-25(29(30)31)26(20-24)22-13-15-23(16-14-22)33-21-28-27(34-28)12-4-2/h13-18,20,27-28H,3-12,19,21H2,1-2H3,(H,30,31)/t27-,28-/m0/s1. The average Bonchev–Trinajstić information content (AvgIpc) is 3.60. The molecule has 0 spiro atoms. The quantitative estimate of drug-likeness (QED) is 0.192. The van der Waals surface area contributed by atoms with Gasteiger partial charge in [0.25, 0.3) is 0 Å². The topological polar surface area (TPSA) is 68.3 Å². The number of rotatable bonds is 17. The van der Waals surface area contributed by atoms with E-state index in [-0.39, 0.29) is 11.7 Å². The summed E-state index contributed by atoms with van der Waals surface area (Å²) in [4.78, 5) is 11.8. The highest BCUT2D eigenvalue weighted by molar-refractivity contribution is 5.96. The lowest BCUT2D eigenvalue weighted by Crippen LogP contribution is -2.07. The van der Waals surface area contributed by atoms with E-state index in [1.165, 1.54) is 44.9 Å². The first-order valence-electron chi connectivity index (χ1n) is 13.0. The molecule has 1 saturated heterocycles. The highest BCUT2D eigenvalue weighted by Gasteiger charge is 2.38. The van der Waals surface area contributed by atoms with Crippen molar-refractivity contribution in [3.8, 4) is 22.6 Å². The predicted molar refractivity (Wildman–Crippen MR) is 136 cm³/mol. The van der Waals surface area contributed by atoms with Crippen molar-refractivity contribution in [3.63, 3.8) is 0 Å². The molecular weight excluding hydrogens is 428 g/mol. The second-order valence-electron chi connectivity index (χ2n) is 9.17. The van der Waals surface area contributed by atoms with Crippen LogP contribution >= 0.6 is 0 Å². The maximum Gasteiger partial charge on any atom is 0.336 e. The Bertz CT molecular complexity index is 877. The molecule has 186 valence electrons. The predicted octanol–water partition coefficient (Wildman–Crippen LogP) is 7.52. The normalized spacial score (nSPS) is 16.9. The van der Waals surface area contributed by atoms with E-state index in [0.717, 1.165) is 30.6 Å². The van der Waals surface area contributed by atoms with Crippen LogP contribution in [-0.2, 0) is 4.74 Å². The maximum absolute atomic E-state index is 11.8. The van der Waals surface area contributed by atoms with Gasteiger partial charge in [-0.2, -0.15) is 0 Å². The van der Waals surface area contributed by atoms with Crippen LogP contribution in [0.25, 0.3) is 11.1 Å². The first-order chi connectivity index (χ1) is 16.6. The van der Waals surface area contributed by atoms with Gasteiger partial charge in [0.1, 0.15) is 24.2 Å². The Kier molecular flexibility index (Phi) is 10.7. The van der Waals surface area contributed by atoms with Crippen LogP contribution < -0.4 is 9.47 Å². The largest absolute Gasteiger partial charge is 0.494 e. The molecule has 34 heavy (non-hydrogen) atoms. The van der Waals surface area contributed by atoms with Gasteiger partial charge >= 0.3 is 5.97 Å². The number of ether oxygens (including phenoxy) is 3. The second kappa shape index (κ2) is 14.0. The average molecular weight is 469 g/mol. The minimum Gasteiger partial charge on any atom is -0.494 e. The Hall–Kier alpha value is -2.53. The van der Waals surface area contributed by atoms with Crippen molar-refractivity contribution in [3.05, 3.63) is 48.0 Å². The molecule has 1 heterocycles. The van der Waals surface area contributed by atoms with Crippen molar-refractivity contribution in [2.24, 2.45) is 0 Å². The van der Waals surface area contributed by atoms with Crippen LogP contribution in [0.15, 0.2) is 42.5 Å². The third-order valence-electron chi connectivity index (χ3n) is 6.33. The third kappa shape index (κ3) is 8.35. The number of carboxylic acids is 1. The van der Waals surface area contributed by atoms with Crippen molar-refractivity contribution in [1.29, 1.82) is 0 Å². The molecule has 0 saturated carbocycles. The molecule has 1 fully saturated rings. The monoisotopic (exact) mass is 468 g/mol. The molecule has 0 aliphatic carbocycles. The molecule has 1 N–H and O–H groups in total. The Morgan fingerprint density at radius 2 is 1.50 bits per heavy atom. The van der Waals surface area contributed by atoms with Crippen LogP contribution in [0.5, 0.6) is 11.5 Å². The van der Waals surface area contributed by atoms with E-state index < -0.39 is 5.97 Å². The summed E-state index contributed by atoms with van der Waals surface area (Å²) in [7, 11) is 0. The summed E-state index contributed by atoms with van der Waals surface area (Å²) in [6.07, 6.45) is 12.7. The number of aromatic carboxylic acids is 1. The number of benzene rings is 2. The van der Waals surface area contributed by atoms with E-state index in [9.17, 15) is 9.90 Å². The molecule has 1 aliphatic heterocycles. The van der Waals surface area contributed by atoms with Crippen molar-refractivity contribution in [1.82, 2.24) is 0 Å². The van der Waals surface area contributed by atoms with Crippen molar-refractivity contribution in [2.45, 2.75) is 90.3 Å². The number of epoxide rings is 1. The van der Waals surface area contributed by atoms with Gasteiger partial charge in [-0.3, -0.25) is 0 Å². The fraction of sp³-hybridized carbons (Fsp3) is 0.552. The lowest BCUT2D eigenvalue weighted by Gasteiger charge is -2.12. The summed E-state index contributed by atoms with van der Waals surface area (Å²) in [5.74, 6) is 0.516. The van der Waals surface area contributed by atoms with E-state index in [0.29, 0.717) is 30.6 Å². The zero-order valence-electron chi connectivity index (χ0n) is 20.8. The highest BCUT2D eigenvalue weighted by atomic mass is 16.6. The molecule has 3 rings (SSSR count). The second-order valence-corrected chi connectivity index (χ2v) is 9.17.